The summed E-state index contributed by atoms with van der Waals surface area (Å²) in [4.78, 5) is 12.6. The van der Waals surface area contributed by atoms with Crippen molar-refractivity contribution in [2.75, 3.05) is 40.0 Å². The van der Waals surface area contributed by atoms with Crippen LogP contribution in [0.5, 0.6) is 28.7 Å². The molecule has 0 amide bonds. The van der Waals surface area contributed by atoms with Crippen molar-refractivity contribution in [3.05, 3.63) is 46.7 Å². The minimum absolute atomic E-state index is 0.169. The van der Waals surface area contributed by atoms with E-state index in [2.05, 4.69) is 5.32 Å². The van der Waals surface area contributed by atoms with Crippen LogP contribution in [0, 0.1) is 0 Å². The number of benzene rings is 2. The number of esters is 1. The summed E-state index contributed by atoms with van der Waals surface area (Å²) in [6.07, 6.45) is 0. The van der Waals surface area contributed by atoms with Crippen molar-refractivity contribution in [1.29, 1.82) is 0 Å². The lowest BCUT2D eigenvalue weighted by molar-refractivity contribution is -0.136. The summed E-state index contributed by atoms with van der Waals surface area (Å²) in [5.41, 5.74) is 3.82. The number of carbonyl (C=O) groups is 1. The van der Waals surface area contributed by atoms with E-state index in [-0.39, 0.29) is 25.3 Å². The first-order valence-electron chi connectivity index (χ1n) is 9.05. The molecule has 1 N–H and O–H groups in total. The number of fused-ring (bicyclic) bond motifs is 2. The number of nitrogens with one attached hydrogen (secondary N) is 1. The van der Waals surface area contributed by atoms with Crippen molar-refractivity contribution in [3.8, 4) is 28.7 Å². The first-order valence-corrected chi connectivity index (χ1v) is 9.05. The van der Waals surface area contributed by atoms with Gasteiger partial charge in [0, 0.05) is 17.7 Å². The summed E-state index contributed by atoms with van der Waals surface area (Å²) >= 11 is 0. The molecule has 5 rings (SSSR count). The van der Waals surface area contributed by atoms with Crippen LogP contribution >= 0.6 is 0 Å². The van der Waals surface area contributed by atoms with E-state index in [1.54, 1.807) is 21.3 Å². The van der Waals surface area contributed by atoms with Gasteiger partial charge in [-0.1, -0.05) is 0 Å². The molecular weight excluding hydrogens is 378 g/mol. The highest BCUT2D eigenvalue weighted by molar-refractivity contribution is 5.97. The Hall–Kier alpha value is -3.55. The molecule has 0 saturated carbocycles. The molecule has 0 unspecified atom stereocenters. The second-order valence-electron chi connectivity index (χ2n) is 6.78. The number of carbonyl (C=O) groups excluding carboxylic acids is 1. The van der Waals surface area contributed by atoms with Gasteiger partial charge in [0.05, 0.1) is 32.6 Å². The summed E-state index contributed by atoms with van der Waals surface area (Å²) < 4.78 is 32.8. The van der Waals surface area contributed by atoms with E-state index in [9.17, 15) is 4.79 Å². The molecule has 0 spiro atoms. The molecule has 8 nitrogen and oxygen atoms in total. The van der Waals surface area contributed by atoms with Crippen LogP contribution in [-0.2, 0) is 9.53 Å². The Kier molecular flexibility index (Phi) is 3.94. The molecule has 2 aromatic carbocycles. The molecule has 0 saturated heterocycles. The molecule has 0 fully saturated rings. The maximum absolute atomic E-state index is 12.6. The summed E-state index contributed by atoms with van der Waals surface area (Å²) in [6.45, 7) is 0.366. The monoisotopic (exact) mass is 397 g/mol. The Labute approximate surface area is 166 Å². The number of hydrogen-bond acceptors (Lipinski definition) is 8. The van der Waals surface area contributed by atoms with Crippen molar-refractivity contribution in [2.45, 2.75) is 5.92 Å². The first kappa shape index (κ1) is 17.5. The number of anilines is 1. The van der Waals surface area contributed by atoms with Gasteiger partial charge in [0.2, 0.25) is 12.5 Å². The number of rotatable bonds is 4. The minimum atomic E-state index is -0.389. The number of ether oxygens (including phenoxy) is 6. The van der Waals surface area contributed by atoms with E-state index >= 15 is 0 Å². The molecule has 0 bridgehead atoms. The number of hydrogen-bond donors (Lipinski definition) is 1. The van der Waals surface area contributed by atoms with Crippen LogP contribution in [0.4, 0.5) is 5.69 Å². The van der Waals surface area contributed by atoms with E-state index in [1.807, 2.05) is 24.3 Å². The fraction of sp³-hybridized carbons (Fsp3) is 0.286. The Bertz CT molecular complexity index is 1030. The molecule has 3 aliphatic heterocycles. The molecule has 29 heavy (non-hydrogen) atoms. The van der Waals surface area contributed by atoms with Crippen LogP contribution < -0.4 is 29.0 Å². The van der Waals surface area contributed by atoms with E-state index in [1.165, 1.54) is 0 Å². The smallest absolute Gasteiger partial charge is 0.337 e. The number of cyclic esters (lactones) is 1. The van der Waals surface area contributed by atoms with E-state index < -0.39 is 0 Å². The SMILES string of the molecule is COc1cc([C@H]2C3=C(COC3=O)Nc3cc4c(cc32)OCO4)cc(OC)c1OC. The van der Waals surface area contributed by atoms with Gasteiger partial charge in [0.25, 0.3) is 0 Å². The summed E-state index contributed by atoms with van der Waals surface area (Å²) in [6, 6.07) is 7.48. The van der Waals surface area contributed by atoms with Gasteiger partial charge in [0.1, 0.15) is 6.61 Å². The molecule has 2 aromatic rings. The summed E-state index contributed by atoms with van der Waals surface area (Å²) in [5, 5.41) is 3.31. The average Bonchev–Trinajstić information content (AvgIpc) is 3.35. The highest BCUT2D eigenvalue weighted by Crippen LogP contribution is 2.51. The van der Waals surface area contributed by atoms with Gasteiger partial charge in [-0.3, -0.25) is 0 Å². The van der Waals surface area contributed by atoms with Crippen LogP contribution in [0.1, 0.15) is 17.0 Å². The van der Waals surface area contributed by atoms with Crippen molar-refractivity contribution >= 4 is 11.7 Å². The zero-order valence-corrected chi connectivity index (χ0v) is 16.2. The van der Waals surface area contributed by atoms with Gasteiger partial charge < -0.3 is 33.7 Å². The average molecular weight is 397 g/mol. The Balaban J connectivity index is 1.74. The van der Waals surface area contributed by atoms with Crippen LogP contribution in [0.25, 0.3) is 0 Å². The highest BCUT2D eigenvalue weighted by atomic mass is 16.7. The van der Waals surface area contributed by atoms with Crippen molar-refractivity contribution < 1.29 is 33.2 Å². The maximum Gasteiger partial charge on any atom is 0.337 e. The van der Waals surface area contributed by atoms with Crippen LogP contribution in [0.15, 0.2) is 35.5 Å². The third kappa shape index (κ3) is 2.55. The molecule has 0 radical (unpaired) electrons. The normalized spacial score (nSPS) is 18.6. The lowest BCUT2D eigenvalue weighted by atomic mass is 9.80. The molecule has 3 aliphatic rings. The second kappa shape index (κ2) is 6.51. The van der Waals surface area contributed by atoms with Gasteiger partial charge >= 0.3 is 5.97 Å². The fourth-order valence-corrected chi connectivity index (χ4v) is 4.05. The third-order valence-electron chi connectivity index (χ3n) is 5.34. The van der Waals surface area contributed by atoms with Crippen LogP contribution in [-0.4, -0.2) is 40.7 Å². The molecule has 0 aliphatic carbocycles. The third-order valence-corrected chi connectivity index (χ3v) is 5.34. The summed E-state index contributed by atoms with van der Waals surface area (Å²) in [7, 11) is 4.67. The molecule has 8 heteroatoms. The lowest BCUT2D eigenvalue weighted by Gasteiger charge is -2.28. The molecule has 0 aromatic heterocycles. The Morgan fingerprint density at radius 1 is 0.931 bits per heavy atom. The fourth-order valence-electron chi connectivity index (χ4n) is 4.05. The molecular formula is C21H19NO7. The number of methoxy groups -OCH3 is 3. The first-order chi connectivity index (χ1) is 14.1. The van der Waals surface area contributed by atoms with Crippen LogP contribution in [0.3, 0.4) is 0 Å². The van der Waals surface area contributed by atoms with E-state index in [4.69, 9.17) is 28.4 Å². The van der Waals surface area contributed by atoms with Gasteiger partial charge in [-0.2, -0.15) is 0 Å². The maximum atomic E-state index is 12.6. The Morgan fingerprint density at radius 2 is 1.62 bits per heavy atom. The van der Waals surface area contributed by atoms with E-state index in [0.717, 1.165) is 22.5 Å². The molecule has 3 heterocycles. The second-order valence-corrected chi connectivity index (χ2v) is 6.78. The largest absolute Gasteiger partial charge is 0.493 e. The predicted octanol–water partition coefficient (Wildman–Crippen LogP) is 2.81. The Morgan fingerprint density at radius 3 is 2.28 bits per heavy atom. The molecule has 1 atom stereocenters. The van der Waals surface area contributed by atoms with Gasteiger partial charge in [-0.05, 0) is 29.3 Å². The zero-order valence-electron chi connectivity index (χ0n) is 16.2. The van der Waals surface area contributed by atoms with Gasteiger partial charge in [-0.25, -0.2) is 4.79 Å². The van der Waals surface area contributed by atoms with Crippen molar-refractivity contribution in [1.82, 2.24) is 0 Å². The summed E-state index contributed by atoms with van der Waals surface area (Å²) in [5.74, 6) is 2.07. The van der Waals surface area contributed by atoms with Crippen molar-refractivity contribution in [2.24, 2.45) is 0 Å². The topological polar surface area (TPSA) is 84.5 Å². The predicted molar refractivity (Wildman–Crippen MR) is 102 cm³/mol. The van der Waals surface area contributed by atoms with Gasteiger partial charge in [-0.15, -0.1) is 0 Å². The minimum Gasteiger partial charge on any atom is -0.493 e. The quantitative estimate of drug-likeness (QED) is 0.789. The van der Waals surface area contributed by atoms with Gasteiger partial charge in [0.15, 0.2) is 23.0 Å². The lowest BCUT2D eigenvalue weighted by Crippen LogP contribution is -2.20. The van der Waals surface area contributed by atoms with Crippen LogP contribution in [0.2, 0.25) is 0 Å². The van der Waals surface area contributed by atoms with Crippen molar-refractivity contribution in [3.63, 3.8) is 0 Å². The standard InChI is InChI=1S/C21H19NO7/c1-24-16-4-10(5-17(25-2)20(16)26-3)18-11-6-14-15(29-9-28-14)7-12(11)22-13-8-27-21(23)19(13)18/h4-7,18,22H,8-9H2,1-3H3/t18-/m1/s1. The van der Waals surface area contributed by atoms with E-state index in [0.29, 0.717) is 34.3 Å². The zero-order chi connectivity index (χ0) is 20.1. The molecule has 150 valence electrons. The highest BCUT2D eigenvalue weighted by Gasteiger charge is 2.40.